The van der Waals surface area contributed by atoms with Crippen LogP contribution in [0.1, 0.15) is 47.0 Å². The lowest BCUT2D eigenvalue weighted by molar-refractivity contribution is 0.402. The van der Waals surface area contributed by atoms with Crippen LogP contribution in [0.4, 0.5) is 0 Å². The Morgan fingerprint density at radius 1 is 1.20 bits per heavy atom. The first-order chi connectivity index (χ1) is 4.70. The van der Waals surface area contributed by atoms with Gasteiger partial charge < -0.3 is 0 Å². The molecule has 0 bridgehead atoms. The van der Waals surface area contributed by atoms with Crippen molar-refractivity contribution < 1.29 is 0 Å². The zero-order valence-corrected chi connectivity index (χ0v) is 7.85. The molecule has 0 aromatic heterocycles. The van der Waals surface area contributed by atoms with Gasteiger partial charge in [-0.25, -0.2) is 0 Å². The van der Waals surface area contributed by atoms with E-state index < -0.39 is 0 Å². The molecule has 0 heterocycles. The van der Waals surface area contributed by atoms with Crippen molar-refractivity contribution in [3.63, 3.8) is 0 Å². The third kappa shape index (κ3) is 4.84. The maximum Gasteiger partial charge on any atom is -0.0414 e. The first kappa shape index (κ1) is 10.0. The summed E-state index contributed by atoms with van der Waals surface area (Å²) in [5.41, 5.74) is 0. The molecule has 0 aliphatic carbocycles. The van der Waals surface area contributed by atoms with E-state index in [2.05, 4.69) is 34.1 Å². The Hall–Kier alpha value is 0. The van der Waals surface area contributed by atoms with E-state index in [1.807, 2.05) is 0 Å². The summed E-state index contributed by atoms with van der Waals surface area (Å²) >= 11 is 0. The van der Waals surface area contributed by atoms with E-state index in [-0.39, 0.29) is 0 Å². The first-order valence-corrected chi connectivity index (χ1v) is 4.48. The summed E-state index contributed by atoms with van der Waals surface area (Å²) < 4.78 is 0. The maximum atomic E-state index is 2.34. The van der Waals surface area contributed by atoms with Gasteiger partial charge in [0.15, 0.2) is 0 Å². The first-order valence-electron chi connectivity index (χ1n) is 4.48. The Balaban J connectivity index is 3.27. The van der Waals surface area contributed by atoms with Crippen molar-refractivity contribution in [3.05, 3.63) is 6.42 Å². The molecule has 2 atom stereocenters. The van der Waals surface area contributed by atoms with Crippen molar-refractivity contribution in [1.82, 2.24) is 0 Å². The van der Waals surface area contributed by atoms with Crippen LogP contribution in [-0.4, -0.2) is 0 Å². The second kappa shape index (κ2) is 5.76. The van der Waals surface area contributed by atoms with Gasteiger partial charge in [-0.15, -0.1) is 0 Å². The zero-order chi connectivity index (χ0) is 7.98. The van der Waals surface area contributed by atoms with Gasteiger partial charge in [0.05, 0.1) is 0 Å². The highest BCUT2D eigenvalue weighted by molar-refractivity contribution is 4.64. The summed E-state index contributed by atoms with van der Waals surface area (Å²) in [5, 5.41) is 0. The Kier molecular flexibility index (Phi) is 5.76. The van der Waals surface area contributed by atoms with Crippen LogP contribution in [0.2, 0.25) is 0 Å². The van der Waals surface area contributed by atoms with Crippen molar-refractivity contribution in [1.29, 1.82) is 0 Å². The fraction of sp³-hybridized carbons (Fsp3) is 0.900. The normalized spacial score (nSPS) is 16.8. The smallest absolute Gasteiger partial charge is 0.0414 e. The molecular weight excluding hydrogens is 120 g/mol. The third-order valence-electron chi connectivity index (χ3n) is 2.14. The summed E-state index contributed by atoms with van der Waals surface area (Å²) in [6, 6.07) is 0. The topological polar surface area (TPSA) is 0 Å². The van der Waals surface area contributed by atoms with Gasteiger partial charge >= 0.3 is 0 Å². The maximum absolute atomic E-state index is 2.34. The molecule has 0 amide bonds. The van der Waals surface area contributed by atoms with Gasteiger partial charge in [0.25, 0.3) is 0 Å². The lowest BCUT2D eigenvalue weighted by Gasteiger charge is -2.14. The lowest BCUT2D eigenvalue weighted by atomic mass is 9.92. The summed E-state index contributed by atoms with van der Waals surface area (Å²) in [5.74, 6) is 1.80. The molecule has 10 heavy (non-hydrogen) atoms. The standard InChI is InChI=1S/C10H21/c1-5-7-10(4)8-9(3)6-2/h5,9-10H,6-8H2,1-4H3. The molecule has 0 aliphatic heterocycles. The van der Waals surface area contributed by atoms with Crippen molar-refractivity contribution in [3.8, 4) is 0 Å². The van der Waals surface area contributed by atoms with Crippen molar-refractivity contribution >= 4 is 0 Å². The van der Waals surface area contributed by atoms with Crippen molar-refractivity contribution in [2.75, 3.05) is 0 Å². The van der Waals surface area contributed by atoms with Gasteiger partial charge in [0.2, 0.25) is 0 Å². The largest absolute Gasteiger partial charge is 0.0651 e. The van der Waals surface area contributed by atoms with Crippen LogP contribution in [0.25, 0.3) is 0 Å². The number of rotatable bonds is 5. The van der Waals surface area contributed by atoms with E-state index in [4.69, 9.17) is 0 Å². The van der Waals surface area contributed by atoms with Gasteiger partial charge in [0, 0.05) is 0 Å². The molecule has 0 fully saturated rings. The second-order valence-electron chi connectivity index (χ2n) is 3.50. The highest BCUT2D eigenvalue weighted by atomic mass is 14.1. The fourth-order valence-corrected chi connectivity index (χ4v) is 1.35. The van der Waals surface area contributed by atoms with E-state index in [1.54, 1.807) is 0 Å². The second-order valence-corrected chi connectivity index (χ2v) is 3.50. The third-order valence-corrected chi connectivity index (χ3v) is 2.14. The SMILES string of the molecule is C[CH]CC(C)CC(C)CC. The molecule has 2 unspecified atom stereocenters. The molecule has 1 radical (unpaired) electrons. The number of hydrogen-bond donors (Lipinski definition) is 0. The molecule has 0 rings (SSSR count). The monoisotopic (exact) mass is 141 g/mol. The van der Waals surface area contributed by atoms with Gasteiger partial charge in [-0.2, -0.15) is 0 Å². The predicted octanol–water partition coefficient (Wildman–Crippen LogP) is 3.67. The molecule has 0 N–H and O–H groups in total. The van der Waals surface area contributed by atoms with Gasteiger partial charge in [-0.1, -0.05) is 34.1 Å². The zero-order valence-electron chi connectivity index (χ0n) is 7.85. The Bertz CT molecular complexity index is 66.4. The van der Waals surface area contributed by atoms with Crippen LogP contribution < -0.4 is 0 Å². The predicted molar refractivity (Wildman–Crippen MR) is 47.8 cm³/mol. The van der Waals surface area contributed by atoms with Crippen LogP contribution in [-0.2, 0) is 0 Å². The average Bonchev–Trinajstić information content (AvgIpc) is 1.88. The van der Waals surface area contributed by atoms with Crippen LogP contribution in [0.3, 0.4) is 0 Å². The molecule has 61 valence electrons. The quantitative estimate of drug-likeness (QED) is 0.548. The molecule has 0 saturated carbocycles. The Labute approximate surface area is 66.0 Å². The molecule has 0 heteroatoms. The lowest BCUT2D eigenvalue weighted by Crippen LogP contribution is -2.01. The van der Waals surface area contributed by atoms with Crippen LogP contribution >= 0.6 is 0 Å². The minimum atomic E-state index is 0.889. The van der Waals surface area contributed by atoms with E-state index in [9.17, 15) is 0 Å². The summed E-state index contributed by atoms with van der Waals surface area (Å²) in [6.07, 6.45) is 6.27. The summed E-state index contributed by atoms with van der Waals surface area (Å²) in [4.78, 5) is 0. The Morgan fingerprint density at radius 3 is 2.20 bits per heavy atom. The van der Waals surface area contributed by atoms with E-state index >= 15 is 0 Å². The minimum Gasteiger partial charge on any atom is -0.0651 e. The summed E-state index contributed by atoms with van der Waals surface area (Å²) in [6.45, 7) is 9.10. The van der Waals surface area contributed by atoms with Gasteiger partial charge in [-0.3, -0.25) is 0 Å². The minimum absolute atomic E-state index is 0.889. The van der Waals surface area contributed by atoms with Crippen LogP contribution in [0.5, 0.6) is 0 Å². The van der Waals surface area contributed by atoms with Gasteiger partial charge in [-0.05, 0) is 31.1 Å². The summed E-state index contributed by atoms with van der Waals surface area (Å²) in [7, 11) is 0. The molecule has 0 saturated heterocycles. The van der Waals surface area contributed by atoms with Crippen molar-refractivity contribution in [2.45, 2.75) is 47.0 Å². The molecule has 0 aliphatic rings. The highest BCUT2D eigenvalue weighted by Crippen LogP contribution is 2.17. The van der Waals surface area contributed by atoms with E-state index in [0.29, 0.717) is 0 Å². The molecule has 0 nitrogen and oxygen atoms in total. The van der Waals surface area contributed by atoms with Gasteiger partial charge in [0.1, 0.15) is 0 Å². The molecular formula is C10H21. The Morgan fingerprint density at radius 2 is 1.80 bits per heavy atom. The molecule has 0 spiro atoms. The average molecular weight is 141 g/mol. The van der Waals surface area contributed by atoms with E-state index in [0.717, 1.165) is 11.8 Å². The van der Waals surface area contributed by atoms with Crippen molar-refractivity contribution in [2.24, 2.45) is 11.8 Å². The fourth-order valence-electron chi connectivity index (χ4n) is 1.35. The molecule has 0 aromatic carbocycles. The van der Waals surface area contributed by atoms with Crippen LogP contribution in [0.15, 0.2) is 0 Å². The number of hydrogen-bond acceptors (Lipinski definition) is 0. The molecule has 0 aromatic rings. The van der Waals surface area contributed by atoms with Crippen LogP contribution in [0, 0.1) is 18.3 Å². The van der Waals surface area contributed by atoms with E-state index in [1.165, 1.54) is 19.3 Å². The highest BCUT2D eigenvalue weighted by Gasteiger charge is 2.05.